The number of carboxylic acid groups (broad SMARTS) is 1. The van der Waals surface area contributed by atoms with Crippen molar-refractivity contribution in [3.8, 4) is 5.75 Å². The van der Waals surface area contributed by atoms with Gasteiger partial charge in [-0.05, 0) is 30.2 Å². The van der Waals surface area contributed by atoms with Crippen molar-refractivity contribution in [1.29, 1.82) is 0 Å². The largest absolute Gasteiger partial charge is 0.508 e. The zero-order chi connectivity index (χ0) is 19.7. The van der Waals surface area contributed by atoms with Gasteiger partial charge in [-0.3, -0.25) is 14.5 Å². The van der Waals surface area contributed by atoms with Gasteiger partial charge in [0.15, 0.2) is 0 Å². The second kappa shape index (κ2) is 8.46. The SMILES string of the molecule is CC=CC1=C(C(=O)O)N2C(=O)[C@@H](NC(=O)[C@H](N)c3ccc(O)cc3)[C@@H]2SC1.O. The molecule has 2 heterocycles. The summed E-state index contributed by atoms with van der Waals surface area (Å²) in [6.07, 6.45) is 3.39. The van der Waals surface area contributed by atoms with Gasteiger partial charge in [-0.2, -0.15) is 0 Å². The van der Waals surface area contributed by atoms with Crippen molar-refractivity contribution in [3.63, 3.8) is 0 Å². The lowest BCUT2D eigenvalue weighted by molar-refractivity contribution is -0.150. The van der Waals surface area contributed by atoms with Crippen LogP contribution in [0.5, 0.6) is 5.75 Å². The van der Waals surface area contributed by atoms with Gasteiger partial charge in [-0.25, -0.2) is 4.79 Å². The molecule has 2 aliphatic heterocycles. The van der Waals surface area contributed by atoms with E-state index in [0.29, 0.717) is 16.9 Å². The molecule has 1 saturated heterocycles. The molecular formula is C18H21N3O6S. The first-order valence-electron chi connectivity index (χ1n) is 8.24. The topological polar surface area (TPSA) is 164 Å². The molecule has 0 saturated carbocycles. The molecule has 0 aromatic heterocycles. The van der Waals surface area contributed by atoms with E-state index in [1.165, 1.54) is 40.9 Å². The van der Waals surface area contributed by atoms with Crippen LogP contribution in [-0.4, -0.2) is 55.5 Å². The molecule has 1 aromatic rings. The van der Waals surface area contributed by atoms with E-state index in [0.717, 1.165) is 0 Å². The monoisotopic (exact) mass is 407 g/mol. The number of hydrogen-bond donors (Lipinski definition) is 4. The zero-order valence-electron chi connectivity index (χ0n) is 15.0. The van der Waals surface area contributed by atoms with E-state index < -0.39 is 35.2 Å². The van der Waals surface area contributed by atoms with E-state index in [4.69, 9.17) is 5.73 Å². The standard InChI is InChI=1S/C18H19N3O5S.H2O/c1-2-3-10-8-27-17-13(16(24)21(17)14(10)18(25)26)20-15(23)12(19)9-4-6-11(22)7-5-9;/h2-7,12-13,17,22H,8,19H2,1H3,(H,20,23)(H,25,26);1H2/t12-,13-,17+;/m1./s1. The first-order valence-corrected chi connectivity index (χ1v) is 9.28. The first kappa shape index (κ1) is 21.5. The van der Waals surface area contributed by atoms with Gasteiger partial charge in [0.2, 0.25) is 5.91 Å². The van der Waals surface area contributed by atoms with Crippen LogP contribution < -0.4 is 11.1 Å². The molecule has 0 spiro atoms. The number of fused-ring (bicyclic) bond motifs is 1. The Hall–Kier alpha value is -2.82. The van der Waals surface area contributed by atoms with Gasteiger partial charge in [0.05, 0.1) is 0 Å². The molecule has 0 unspecified atom stereocenters. The number of rotatable bonds is 5. The number of carbonyl (C=O) groups is 3. The summed E-state index contributed by atoms with van der Waals surface area (Å²) in [5.41, 5.74) is 6.93. The van der Waals surface area contributed by atoms with E-state index in [-0.39, 0.29) is 16.9 Å². The highest BCUT2D eigenvalue weighted by molar-refractivity contribution is 8.00. The molecule has 10 heteroatoms. The van der Waals surface area contributed by atoms with Crippen LogP contribution in [0.3, 0.4) is 0 Å². The van der Waals surface area contributed by atoms with Gasteiger partial charge in [0.1, 0.15) is 28.9 Å². The van der Waals surface area contributed by atoms with E-state index >= 15 is 0 Å². The minimum atomic E-state index is -1.17. The summed E-state index contributed by atoms with van der Waals surface area (Å²) in [4.78, 5) is 37.7. The van der Waals surface area contributed by atoms with Crippen LogP contribution in [0.4, 0.5) is 0 Å². The Morgan fingerprint density at radius 1 is 1.36 bits per heavy atom. The summed E-state index contributed by atoms with van der Waals surface area (Å²) >= 11 is 1.39. The van der Waals surface area contributed by atoms with Crippen molar-refractivity contribution < 1.29 is 30.1 Å². The highest BCUT2D eigenvalue weighted by atomic mass is 32.2. The Morgan fingerprint density at radius 3 is 2.57 bits per heavy atom. The van der Waals surface area contributed by atoms with Crippen molar-refractivity contribution in [2.45, 2.75) is 24.4 Å². The maximum atomic E-state index is 12.5. The van der Waals surface area contributed by atoms with Crippen molar-refractivity contribution in [2.24, 2.45) is 5.73 Å². The quantitative estimate of drug-likeness (QED) is 0.494. The summed E-state index contributed by atoms with van der Waals surface area (Å²) in [6, 6.07) is 4.06. The maximum Gasteiger partial charge on any atom is 0.352 e. The number of carbonyl (C=O) groups excluding carboxylic acids is 2. The number of carboxylic acids is 1. The normalized spacial score (nSPS) is 22.2. The molecule has 3 rings (SSSR count). The lowest BCUT2D eigenvalue weighted by Crippen LogP contribution is -2.71. The molecule has 2 amide bonds. The van der Waals surface area contributed by atoms with E-state index in [1.54, 1.807) is 19.1 Å². The number of aliphatic carboxylic acids is 1. The average molecular weight is 407 g/mol. The highest BCUT2D eigenvalue weighted by Gasteiger charge is 2.54. The lowest BCUT2D eigenvalue weighted by atomic mass is 10.0. The van der Waals surface area contributed by atoms with E-state index in [9.17, 15) is 24.6 Å². The fourth-order valence-electron chi connectivity index (χ4n) is 3.05. The predicted octanol–water partition coefficient (Wildman–Crippen LogP) is -0.118. The smallest absolute Gasteiger partial charge is 0.352 e. The molecule has 28 heavy (non-hydrogen) atoms. The summed E-state index contributed by atoms with van der Waals surface area (Å²) in [5, 5.41) is 20.9. The summed E-state index contributed by atoms with van der Waals surface area (Å²) < 4.78 is 0. The van der Waals surface area contributed by atoms with Crippen molar-refractivity contribution in [1.82, 2.24) is 10.2 Å². The van der Waals surface area contributed by atoms with Crippen molar-refractivity contribution in [3.05, 3.63) is 53.3 Å². The van der Waals surface area contributed by atoms with Gasteiger partial charge in [-0.15, -0.1) is 11.8 Å². The number of aromatic hydroxyl groups is 1. The lowest BCUT2D eigenvalue weighted by Gasteiger charge is -2.49. The number of nitrogens with two attached hydrogens (primary N) is 1. The second-order valence-electron chi connectivity index (χ2n) is 6.14. The maximum absolute atomic E-state index is 12.5. The number of allylic oxidation sites excluding steroid dienone is 2. The number of thioether (sulfide) groups is 1. The third kappa shape index (κ3) is 3.75. The van der Waals surface area contributed by atoms with Gasteiger partial charge < -0.3 is 26.7 Å². The summed E-state index contributed by atoms with van der Waals surface area (Å²) in [5.74, 6) is -1.71. The molecule has 1 fully saturated rings. The summed E-state index contributed by atoms with van der Waals surface area (Å²) in [7, 11) is 0. The second-order valence-corrected chi connectivity index (χ2v) is 7.25. The number of β-lactam (4-membered cyclic amide) rings is 1. The Bertz CT molecular complexity index is 851. The number of hydrogen-bond acceptors (Lipinski definition) is 6. The molecule has 150 valence electrons. The Balaban J connectivity index is 0.00000280. The molecule has 0 radical (unpaired) electrons. The minimum absolute atomic E-state index is 0. The zero-order valence-corrected chi connectivity index (χ0v) is 15.8. The number of phenolic OH excluding ortho intramolecular Hbond substituents is 1. The molecule has 0 bridgehead atoms. The number of benzene rings is 1. The van der Waals surface area contributed by atoms with Crippen LogP contribution in [0.1, 0.15) is 18.5 Å². The van der Waals surface area contributed by atoms with Crippen LogP contribution in [0.25, 0.3) is 0 Å². The molecule has 3 atom stereocenters. The Labute approximate surface area is 165 Å². The third-order valence-corrected chi connectivity index (χ3v) is 5.70. The number of phenols is 1. The van der Waals surface area contributed by atoms with E-state index in [2.05, 4.69) is 5.32 Å². The third-order valence-electron chi connectivity index (χ3n) is 4.40. The van der Waals surface area contributed by atoms with Crippen molar-refractivity contribution in [2.75, 3.05) is 5.75 Å². The molecular weight excluding hydrogens is 386 g/mol. The molecule has 1 aromatic carbocycles. The van der Waals surface area contributed by atoms with Gasteiger partial charge >= 0.3 is 5.97 Å². The van der Waals surface area contributed by atoms with Gasteiger partial charge in [0.25, 0.3) is 5.91 Å². The molecule has 7 N–H and O–H groups in total. The fourth-order valence-corrected chi connectivity index (χ4v) is 4.37. The molecule has 2 aliphatic rings. The average Bonchev–Trinajstić information content (AvgIpc) is 2.65. The predicted molar refractivity (Wildman–Crippen MR) is 103 cm³/mol. The van der Waals surface area contributed by atoms with Crippen molar-refractivity contribution >= 4 is 29.5 Å². The van der Waals surface area contributed by atoms with Crippen LogP contribution in [0.2, 0.25) is 0 Å². The Kier molecular flexibility index (Phi) is 6.49. The molecule has 9 nitrogen and oxygen atoms in total. The van der Waals surface area contributed by atoms with Crippen LogP contribution in [-0.2, 0) is 14.4 Å². The molecule has 0 aliphatic carbocycles. The Morgan fingerprint density at radius 2 is 2.00 bits per heavy atom. The number of nitrogens with one attached hydrogen (secondary N) is 1. The summed E-state index contributed by atoms with van der Waals surface area (Å²) in [6.45, 7) is 1.77. The number of nitrogens with zero attached hydrogens (tertiary/aromatic N) is 1. The first-order chi connectivity index (χ1) is 12.8. The highest BCUT2D eigenvalue weighted by Crippen LogP contribution is 2.40. The number of amides is 2. The van der Waals surface area contributed by atoms with Gasteiger partial charge in [0, 0.05) is 5.75 Å². The van der Waals surface area contributed by atoms with Crippen LogP contribution in [0.15, 0.2) is 47.7 Å². The van der Waals surface area contributed by atoms with E-state index in [1.807, 2.05) is 0 Å². The van der Waals surface area contributed by atoms with Crippen LogP contribution in [0, 0.1) is 0 Å². The minimum Gasteiger partial charge on any atom is -0.508 e. The van der Waals surface area contributed by atoms with Gasteiger partial charge in [-0.1, -0.05) is 24.3 Å². The fraction of sp³-hybridized carbons (Fsp3) is 0.278. The van der Waals surface area contributed by atoms with Crippen LogP contribution >= 0.6 is 11.8 Å².